The molecule has 0 radical (unpaired) electrons. The van der Waals surface area contributed by atoms with Crippen LogP contribution in [0.2, 0.25) is 0 Å². The fourth-order valence-corrected chi connectivity index (χ4v) is 3.32. The van der Waals surface area contributed by atoms with Gasteiger partial charge in [0.2, 0.25) is 0 Å². The summed E-state index contributed by atoms with van der Waals surface area (Å²) in [4.78, 5) is 12.0. The summed E-state index contributed by atoms with van der Waals surface area (Å²) in [5, 5.41) is 0. The minimum Gasteiger partial charge on any atom is -0.469 e. The smallest absolute Gasteiger partial charge is 0.314 e. The van der Waals surface area contributed by atoms with Gasteiger partial charge in [-0.15, -0.1) is 0 Å². The van der Waals surface area contributed by atoms with Crippen molar-refractivity contribution in [3.8, 4) is 0 Å². The molecule has 0 N–H and O–H groups in total. The zero-order valence-electron chi connectivity index (χ0n) is 10.5. The molecular weight excluding hydrogens is 204 g/mol. The average molecular weight is 226 g/mol. The van der Waals surface area contributed by atoms with E-state index in [9.17, 15) is 4.79 Å². The SMILES string of the molecule is COC(=O)[C@]12CCO[C@H]1CC[C@H](C(C)C)C2. The summed E-state index contributed by atoms with van der Waals surface area (Å²) < 4.78 is 10.7. The number of carbonyl (C=O) groups is 1. The molecular formula is C13H22O3. The molecule has 0 aromatic carbocycles. The number of hydrogen-bond acceptors (Lipinski definition) is 3. The van der Waals surface area contributed by atoms with Gasteiger partial charge in [0, 0.05) is 6.61 Å². The van der Waals surface area contributed by atoms with Crippen LogP contribution in [0.15, 0.2) is 0 Å². The topological polar surface area (TPSA) is 35.5 Å². The Kier molecular flexibility index (Phi) is 3.24. The lowest BCUT2D eigenvalue weighted by atomic mass is 9.64. The molecule has 1 saturated heterocycles. The molecule has 1 heterocycles. The van der Waals surface area contributed by atoms with E-state index in [0.29, 0.717) is 18.4 Å². The van der Waals surface area contributed by atoms with Crippen LogP contribution in [0.3, 0.4) is 0 Å². The van der Waals surface area contributed by atoms with Gasteiger partial charge in [0.25, 0.3) is 0 Å². The van der Waals surface area contributed by atoms with Crippen molar-refractivity contribution in [2.75, 3.05) is 13.7 Å². The Labute approximate surface area is 97.5 Å². The van der Waals surface area contributed by atoms with E-state index in [1.54, 1.807) is 0 Å². The van der Waals surface area contributed by atoms with Crippen molar-refractivity contribution in [3.05, 3.63) is 0 Å². The Morgan fingerprint density at radius 3 is 2.81 bits per heavy atom. The van der Waals surface area contributed by atoms with Gasteiger partial charge in [-0.1, -0.05) is 13.8 Å². The van der Waals surface area contributed by atoms with E-state index in [-0.39, 0.29) is 17.5 Å². The Hall–Kier alpha value is -0.570. The number of methoxy groups -OCH3 is 1. The van der Waals surface area contributed by atoms with Crippen molar-refractivity contribution >= 4 is 5.97 Å². The highest BCUT2D eigenvalue weighted by Crippen LogP contribution is 2.50. The third kappa shape index (κ3) is 1.75. The monoisotopic (exact) mass is 226 g/mol. The van der Waals surface area contributed by atoms with Gasteiger partial charge in [0.15, 0.2) is 0 Å². The highest BCUT2D eigenvalue weighted by Gasteiger charge is 2.54. The fourth-order valence-electron chi connectivity index (χ4n) is 3.32. The Morgan fingerprint density at radius 2 is 2.19 bits per heavy atom. The van der Waals surface area contributed by atoms with E-state index in [4.69, 9.17) is 9.47 Å². The zero-order valence-corrected chi connectivity index (χ0v) is 10.5. The second-order valence-electron chi connectivity index (χ2n) is 5.54. The summed E-state index contributed by atoms with van der Waals surface area (Å²) in [5.74, 6) is 1.22. The average Bonchev–Trinajstić information content (AvgIpc) is 2.71. The first-order chi connectivity index (χ1) is 7.60. The van der Waals surface area contributed by atoms with Gasteiger partial charge in [-0.05, 0) is 37.5 Å². The third-order valence-corrected chi connectivity index (χ3v) is 4.44. The summed E-state index contributed by atoms with van der Waals surface area (Å²) in [6.45, 7) is 5.20. The number of hydrogen-bond donors (Lipinski definition) is 0. The Morgan fingerprint density at radius 1 is 1.44 bits per heavy atom. The predicted octanol–water partition coefficient (Wildman–Crippen LogP) is 2.39. The number of fused-ring (bicyclic) bond motifs is 1. The maximum atomic E-state index is 12.0. The highest BCUT2D eigenvalue weighted by molar-refractivity contribution is 5.78. The molecule has 2 fully saturated rings. The van der Waals surface area contributed by atoms with Crippen LogP contribution in [0.25, 0.3) is 0 Å². The molecule has 0 aromatic rings. The molecule has 3 atom stereocenters. The second kappa shape index (κ2) is 4.36. The van der Waals surface area contributed by atoms with Crippen LogP contribution >= 0.6 is 0 Å². The number of carbonyl (C=O) groups excluding carboxylic acids is 1. The summed E-state index contributed by atoms with van der Waals surface area (Å²) in [7, 11) is 1.49. The Bertz CT molecular complexity index is 274. The Balaban J connectivity index is 2.19. The summed E-state index contributed by atoms with van der Waals surface area (Å²) in [6, 6.07) is 0. The molecule has 3 nitrogen and oxygen atoms in total. The number of esters is 1. The highest BCUT2D eigenvalue weighted by atomic mass is 16.5. The largest absolute Gasteiger partial charge is 0.469 e. The second-order valence-corrected chi connectivity index (χ2v) is 5.54. The van der Waals surface area contributed by atoms with E-state index in [1.165, 1.54) is 13.5 Å². The zero-order chi connectivity index (χ0) is 11.8. The maximum absolute atomic E-state index is 12.0. The first-order valence-electron chi connectivity index (χ1n) is 6.30. The van der Waals surface area contributed by atoms with Gasteiger partial charge in [-0.25, -0.2) is 0 Å². The quantitative estimate of drug-likeness (QED) is 0.678. The maximum Gasteiger partial charge on any atom is 0.314 e. The van der Waals surface area contributed by atoms with Gasteiger partial charge >= 0.3 is 5.97 Å². The molecule has 3 heteroatoms. The van der Waals surface area contributed by atoms with Crippen molar-refractivity contribution in [1.82, 2.24) is 0 Å². The first-order valence-corrected chi connectivity index (χ1v) is 6.30. The van der Waals surface area contributed by atoms with Crippen LogP contribution in [0, 0.1) is 17.3 Å². The fraction of sp³-hybridized carbons (Fsp3) is 0.923. The molecule has 2 aliphatic rings. The molecule has 16 heavy (non-hydrogen) atoms. The molecule has 1 aliphatic carbocycles. The van der Waals surface area contributed by atoms with Crippen LogP contribution in [0.1, 0.15) is 39.5 Å². The van der Waals surface area contributed by atoms with Crippen LogP contribution in [0.5, 0.6) is 0 Å². The number of rotatable bonds is 2. The van der Waals surface area contributed by atoms with Crippen LogP contribution in [0.4, 0.5) is 0 Å². The summed E-state index contributed by atoms with van der Waals surface area (Å²) in [5.41, 5.74) is -0.331. The van der Waals surface area contributed by atoms with Crippen LogP contribution in [-0.2, 0) is 14.3 Å². The lowest BCUT2D eigenvalue weighted by molar-refractivity contribution is -0.161. The lowest BCUT2D eigenvalue weighted by Gasteiger charge is -2.40. The van der Waals surface area contributed by atoms with Crippen LogP contribution < -0.4 is 0 Å². The molecule has 92 valence electrons. The normalized spacial score (nSPS) is 38.5. The predicted molar refractivity (Wildman–Crippen MR) is 61.0 cm³/mol. The van der Waals surface area contributed by atoms with Gasteiger partial charge in [-0.3, -0.25) is 4.79 Å². The summed E-state index contributed by atoms with van der Waals surface area (Å²) >= 11 is 0. The molecule has 0 amide bonds. The minimum absolute atomic E-state index is 0.0552. The molecule has 1 saturated carbocycles. The number of ether oxygens (including phenoxy) is 2. The van der Waals surface area contributed by atoms with Gasteiger partial charge < -0.3 is 9.47 Å². The van der Waals surface area contributed by atoms with Crippen molar-refractivity contribution in [2.24, 2.45) is 17.3 Å². The van der Waals surface area contributed by atoms with E-state index < -0.39 is 0 Å². The van der Waals surface area contributed by atoms with Gasteiger partial charge in [0.1, 0.15) is 0 Å². The molecule has 0 bridgehead atoms. The van der Waals surface area contributed by atoms with Crippen molar-refractivity contribution in [2.45, 2.75) is 45.6 Å². The molecule has 2 rings (SSSR count). The van der Waals surface area contributed by atoms with Crippen molar-refractivity contribution in [1.29, 1.82) is 0 Å². The summed E-state index contributed by atoms with van der Waals surface area (Å²) in [6.07, 6.45) is 4.09. The van der Waals surface area contributed by atoms with Crippen molar-refractivity contribution < 1.29 is 14.3 Å². The van der Waals surface area contributed by atoms with E-state index in [1.807, 2.05) is 0 Å². The lowest BCUT2D eigenvalue weighted by Crippen LogP contribution is -2.45. The molecule has 0 unspecified atom stereocenters. The first kappa shape index (κ1) is 11.9. The van der Waals surface area contributed by atoms with E-state index in [0.717, 1.165) is 19.3 Å². The molecule has 0 aromatic heterocycles. The van der Waals surface area contributed by atoms with E-state index >= 15 is 0 Å². The molecule has 1 aliphatic heterocycles. The molecule has 0 spiro atoms. The minimum atomic E-state index is -0.331. The van der Waals surface area contributed by atoms with E-state index in [2.05, 4.69) is 13.8 Å². The van der Waals surface area contributed by atoms with Crippen molar-refractivity contribution in [3.63, 3.8) is 0 Å². The third-order valence-electron chi connectivity index (χ3n) is 4.44. The van der Waals surface area contributed by atoms with Gasteiger partial charge in [0.05, 0.1) is 18.6 Å². The standard InChI is InChI=1S/C13H22O3/c1-9(2)10-4-5-11-13(8-10,6-7-16-11)12(14)15-3/h9-11H,4-8H2,1-3H3/t10-,11-,13-/m0/s1. The van der Waals surface area contributed by atoms with Crippen LogP contribution in [-0.4, -0.2) is 25.8 Å². The van der Waals surface area contributed by atoms with Gasteiger partial charge in [-0.2, -0.15) is 0 Å².